The number of guanidine groups is 1. The molecule has 0 aliphatic heterocycles. The second kappa shape index (κ2) is 10.0. The summed E-state index contributed by atoms with van der Waals surface area (Å²) in [5.41, 5.74) is 5.64. The van der Waals surface area contributed by atoms with Gasteiger partial charge in [-0.25, -0.2) is 8.78 Å². The quantitative estimate of drug-likeness (QED) is 0.317. The van der Waals surface area contributed by atoms with E-state index in [1.54, 1.807) is 0 Å². The Bertz CT molecular complexity index is 528. The van der Waals surface area contributed by atoms with Gasteiger partial charge in [0, 0.05) is 6.07 Å². The predicted molar refractivity (Wildman–Crippen MR) is 99.3 cm³/mol. The number of hydrogen-bond donors (Lipinski definition) is 2. The van der Waals surface area contributed by atoms with Crippen LogP contribution in [0.4, 0.5) is 14.5 Å². The largest absolute Gasteiger partial charge is 0.376 e. The number of rotatable bonds is 5. The number of benzene rings is 1. The van der Waals surface area contributed by atoms with Crippen molar-refractivity contribution in [2.24, 2.45) is 16.6 Å². The minimum Gasteiger partial charge on any atom is -0.376 e. The van der Waals surface area contributed by atoms with E-state index >= 15 is 0 Å². The number of nitrogens with two attached hydrogens (primary N) is 1. The van der Waals surface area contributed by atoms with Crippen LogP contribution in [0.25, 0.3) is 0 Å². The zero-order valence-corrected chi connectivity index (χ0v) is 15.6. The fourth-order valence-electron chi connectivity index (χ4n) is 2.67. The van der Waals surface area contributed by atoms with Crippen molar-refractivity contribution in [3.8, 4) is 0 Å². The van der Waals surface area contributed by atoms with E-state index < -0.39 is 11.6 Å². The lowest BCUT2D eigenvalue weighted by Crippen LogP contribution is -2.27. The van der Waals surface area contributed by atoms with E-state index in [0.717, 1.165) is 24.6 Å². The third-order valence-corrected chi connectivity index (χ3v) is 3.93. The summed E-state index contributed by atoms with van der Waals surface area (Å²) in [6, 6.07) is 3.13. The second-order valence-corrected chi connectivity index (χ2v) is 5.69. The van der Waals surface area contributed by atoms with Gasteiger partial charge >= 0.3 is 0 Å². The minimum atomic E-state index is -0.577. The van der Waals surface area contributed by atoms with Crippen LogP contribution in [-0.4, -0.2) is 25.2 Å². The molecular weight excluding hydrogens is 415 g/mol. The number of aliphatic imine (C=N–C) groups is 1. The first-order valence-electron chi connectivity index (χ1n) is 7.70. The molecule has 1 fully saturated rings. The van der Waals surface area contributed by atoms with Gasteiger partial charge in [0.05, 0.1) is 24.9 Å². The highest BCUT2D eigenvalue weighted by atomic mass is 127. The van der Waals surface area contributed by atoms with Crippen molar-refractivity contribution in [3.63, 3.8) is 0 Å². The number of hydrogen-bond acceptors (Lipinski definition) is 2. The topological polar surface area (TPSA) is 59.6 Å². The monoisotopic (exact) mass is 439 g/mol. The molecule has 1 saturated carbocycles. The fourth-order valence-corrected chi connectivity index (χ4v) is 2.67. The Hall–Kier alpha value is -0.960. The van der Waals surface area contributed by atoms with Crippen LogP contribution >= 0.6 is 24.0 Å². The van der Waals surface area contributed by atoms with Gasteiger partial charge in [-0.05, 0) is 30.9 Å². The van der Waals surface area contributed by atoms with Gasteiger partial charge in [0.1, 0.15) is 11.6 Å². The van der Waals surface area contributed by atoms with Gasteiger partial charge in [-0.3, -0.25) is 4.99 Å². The number of nitrogens with zero attached hydrogens (tertiary/aromatic N) is 1. The number of halogens is 3. The summed E-state index contributed by atoms with van der Waals surface area (Å²) in [5.74, 6) is -0.488. The van der Waals surface area contributed by atoms with Crippen LogP contribution in [0.1, 0.15) is 32.6 Å². The average molecular weight is 439 g/mol. The minimum absolute atomic E-state index is 0. The summed E-state index contributed by atoms with van der Waals surface area (Å²) < 4.78 is 32.3. The van der Waals surface area contributed by atoms with Gasteiger partial charge in [-0.1, -0.05) is 19.8 Å². The van der Waals surface area contributed by atoms with Crippen molar-refractivity contribution in [1.82, 2.24) is 0 Å². The zero-order valence-electron chi connectivity index (χ0n) is 13.2. The van der Waals surface area contributed by atoms with Crippen LogP contribution < -0.4 is 11.1 Å². The number of ether oxygens (including phenoxy) is 1. The third kappa shape index (κ3) is 6.58. The van der Waals surface area contributed by atoms with Crippen molar-refractivity contribution < 1.29 is 13.5 Å². The molecule has 130 valence electrons. The summed E-state index contributed by atoms with van der Waals surface area (Å²) in [4.78, 5) is 4.07. The van der Waals surface area contributed by atoms with Crippen LogP contribution in [-0.2, 0) is 4.74 Å². The molecule has 2 unspecified atom stereocenters. The standard InChI is InChI=1S/C16H23F2N3O.HI/c1-11-4-2-3-5-15(11)22-9-8-20-16(19)21-14-10-12(17)6-7-13(14)18;/h6-7,10-11,15H,2-5,8-9H2,1H3,(H3,19,20,21);1H. The smallest absolute Gasteiger partial charge is 0.193 e. The molecule has 1 aromatic carbocycles. The van der Waals surface area contributed by atoms with Crippen LogP contribution in [0, 0.1) is 17.6 Å². The van der Waals surface area contributed by atoms with Gasteiger partial charge in [-0.2, -0.15) is 0 Å². The summed E-state index contributed by atoms with van der Waals surface area (Å²) >= 11 is 0. The molecule has 0 spiro atoms. The fraction of sp³-hybridized carbons (Fsp3) is 0.562. The van der Waals surface area contributed by atoms with E-state index in [4.69, 9.17) is 10.5 Å². The Labute approximate surface area is 152 Å². The van der Waals surface area contributed by atoms with Gasteiger partial charge in [0.2, 0.25) is 0 Å². The lowest BCUT2D eigenvalue weighted by atomic mass is 9.88. The van der Waals surface area contributed by atoms with Crippen molar-refractivity contribution >= 4 is 35.6 Å². The molecule has 0 saturated heterocycles. The highest BCUT2D eigenvalue weighted by molar-refractivity contribution is 14.0. The highest BCUT2D eigenvalue weighted by Gasteiger charge is 2.21. The van der Waals surface area contributed by atoms with Crippen LogP contribution in [0.3, 0.4) is 0 Å². The van der Waals surface area contributed by atoms with Crippen molar-refractivity contribution in [2.45, 2.75) is 38.7 Å². The summed E-state index contributed by atoms with van der Waals surface area (Å²) in [6.07, 6.45) is 5.07. The lowest BCUT2D eigenvalue weighted by molar-refractivity contribution is -0.000635. The Kier molecular flexibility index (Phi) is 8.75. The molecule has 1 aliphatic rings. The molecule has 0 radical (unpaired) electrons. The van der Waals surface area contributed by atoms with E-state index in [0.29, 0.717) is 25.2 Å². The molecule has 1 aromatic rings. The molecule has 23 heavy (non-hydrogen) atoms. The molecule has 0 bridgehead atoms. The van der Waals surface area contributed by atoms with Gasteiger partial charge in [-0.15, -0.1) is 24.0 Å². The molecule has 0 aromatic heterocycles. The van der Waals surface area contributed by atoms with Crippen LogP contribution in [0.5, 0.6) is 0 Å². The molecule has 1 aliphatic carbocycles. The first-order chi connectivity index (χ1) is 10.6. The van der Waals surface area contributed by atoms with Crippen molar-refractivity contribution in [1.29, 1.82) is 0 Å². The van der Waals surface area contributed by atoms with Gasteiger partial charge in [0.25, 0.3) is 0 Å². The molecule has 4 nitrogen and oxygen atoms in total. The van der Waals surface area contributed by atoms with Crippen molar-refractivity contribution in [2.75, 3.05) is 18.5 Å². The van der Waals surface area contributed by atoms with E-state index in [1.807, 2.05) is 0 Å². The summed E-state index contributed by atoms with van der Waals surface area (Å²) in [6.45, 7) is 3.07. The molecular formula is C16H24F2IN3O. The maximum Gasteiger partial charge on any atom is 0.193 e. The van der Waals surface area contributed by atoms with Crippen LogP contribution in [0.15, 0.2) is 23.2 Å². The molecule has 2 atom stereocenters. The third-order valence-electron chi connectivity index (χ3n) is 3.93. The lowest BCUT2D eigenvalue weighted by Gasteiger charge is -2.28. The highest BCUT2D eigenvalue weighted by Crippen LogP contribution is 2.26. The first kappa shape index (κ1) is 20.1. The maximum absolute atomic E-state index is 13.4. The van der Waals surface area contributed by atoms with Gasteiger partial charge in [0.15, 0.2) is 5.96 Å². The SMILES string of the molecule is CC1CCCCC1OCCN=C(N)Nc1cc(F)ccc1F.I. The van der Waals surface area contributed by atoms with E-state index in [9.17, 15) is 8.78 Å². The average Bonchev–Trinajstić information content (AvgIpc) is 2.49. The number of anilines is 1. The molecule has 0 heterocycles. The second-order valence-electron chi connectivity index (χ2n) is 5.69. The van der Waals surface area contributed by atoms with Gasteiger partial charge < -0.3 is 15.8 Å². The normalized spacial score (nSPS) is 21.6. The molecule has 7 heteroatoms. The summed E-state index contributed by atoms with van der Waals surface area (Å²) in [7, 11) is 0. The Morgan fingerprint density at radius 2 is 2.09 bits per heavy atom. The summed E-state index contributed by atoms with van der Waals surface area (Å²) in [5, 5.41) is 2.56. The maximum atomic E-state index is 13.4. The predicted octanol–water partition coefficient (Wildman–Crippen LogP) is 3.90. The Balaban J connectivity index is 0.00000264. The molecule has 2 rings (SSSR count). The van der Waals surface area contributed by atoms with E-state index in [2.05, 4.69) is 17.2 Å². The number of nitrogens with one attached hydrogen (secondary N) is 1. The molecule has 3 N–H and O–H groups in total. The zero-order chi connectivity index (χ0) is 15.9. The van der Waals surface area contributed by atoms with E-state index in [-0.39, 0.29) is 35.6 Å². The Morgan fingerprint density at radius 3 is 2.83 bits per heavy atom. The van der Waals surface area contributed by atoms with E-state index in [1.165, 1.54) is 19.3 Å². The van der Waals surface area contributed by atoms with Crippen molar-refractivity contribution in [3.05, 3.63) is 29.8 Å². The molecule has 0 amide bonds. The first-order valence-corrected chi connectivity index (χ1v) is 7.70. The Morgan fingerprint density at radius 1 is 1.35 bits per heavy atom. The van der Waals surface area contributed by atoms with Crippen LogP contribution in [0.2, 0.25) is 0 Å².